The van der Waals surface area contributed by atoms with E-state index in [2.05, 4.69) is 15.9 Å². The van der Waals surface area contributed by atoms with Gasteiger partial charge >= 0.3 is 5.97 Å². The third-order valence-corrected chi connectivity index (χ3v) is 5.64. The van der Waals surface area contributed by atoms with Crippen molar-refractivity contribution in [2.45, 2.75) is 38.6 Å². The van der Waals surface area contributed by atoms with Gasteiger partial charge in [0.05, 0.1) is 4.90 Å². The monoisotopic (exact) mass is 363 g/mol. The molecular weight excluding hydrogens is 346 g/mol. The molecule has 0 aliphatic carbocycles. The molecule has 1 aromatic rings. The molecule has 0 aromatic heterocycles. The Bertz CT molecular complexity index is 602. The Hall–Kier alpha value is -0.920. The minimum absolute atomic E-state index is 0.177. The minimum atomic E-state index is -3.84. The smallest absolute Gasteiger partial charge is 0.318 e. The van der Waals surface area contributed by atoms with Crippen LogP contribution in [0.15, 0.2) is 21.5 Å². The third-order valence-electron chi connectivity index (χ3n) is 2.86. The Balaban J connectivity index is 3.45. The van der Waals surface area contributed by atoms with Gasteiger partial charge in [-0.2, -0.15) is 4.31 Å². The van der Waals surface area contributed by atoms with Gasteiger partial charge in [0.1, 0.15) is 6.54 Å². The van der Waals surface area contributed by atoms with Gasteiger partial charge in [-0.1, -0.05) is 15.9 Å². The molecule has 0 fully saturated rings. The van der Waals surface area contributed by atoms with Gasteiger partial charge in [-0.25, -0.2) is 8.42 Å². The van der Waals surface area contributed by atoms with Crippen LogP contribution in [0.2, 0.25) is 0 Å². The molecule has 1 rings (SSSR count). The first-order valence-corrected chi connectivity index (χ1v) is 8.31. The van der Waals surface area contributed by atoms with Crippen molar-refractivity contribution in [2.75, 3.05) is 6.54 Å². The average Bonchev–Trinajstić information content (AvgIpc) is 2.22. The third kappa shape index (κ3) is 3.59. The molecule has 20 heavy (non-hydrogen) atoms. The lowest BCUT2D eigenvalue weighted by Crippen LogP contribution is -2.41. The standard InChI is InChI=1S/C13H18BrNO4S/c1-8(2)15(7-12(16)17)20(18,19)13-9(3)5-11(14)6-10(13)4/h5-6,8H,7H2,1-4H3,(H,16,17). The topological polar surface area (TPSA) is 74.7 Å². The van der Waals surface area contributed by atoms with Gasteiger partial charge in [0.2, 0.25) is 10.0 Å². The molecule has 1 N–H and O–H groups in total. The molecule has 0 bridgehead atoms. The number of nitrogens with zero attached hydrogens (tertiary/aromatic N) is 1. The molecular formula is C13H18BrNO4S. The number of aliphatic carboxylic acids is 1. The van der Waals surface area contributed by atoms with Crippen molar-refractivity contribution in [1.29, 1.82) is 0 Å². The number of carboxylic acids is 1. The molecule has 0 aliphatic rings. The van der Waals surface area contributed by atoms with Gasteiger partial charge in [0.25, 0.3) is 0 Å². The van der Waals surface area contributed by atoms with Crippen molar-refractivity contribution in [2.24, 2.45) is 0 Å². The predicted octanol–water partition coefficient (Wildman–Crippen LogP) is 2.55. The molecule has 0 aliphatic heterocycles. The minimum Gasteiger partial charge on any atom is -0.480 e. The Morgan fingerprint density at radius 1 is 1.30 bits per heavy atom. The first kappa shape index (κ1) is 17.1. The van der Waals surface area contributed by atoms with E-state index in [1.54, 1.807) is 39.8 Å². The van der Waals surface area contributed by atoms with E-state index in [4.69, 9.17) is 5.11 Å². The molecule has 0 heterocycles. The summed E-state index contributed by atoms with van der Waals surface area (Å²) in [5.41, 5.74) is 1.18. The van der Waals surface area contributed by atoms with Crippen LogP contribution in [0.3, 0.4) is 0 Å². The summed E-state index contributed by atoms with van der Waals surface area (Å²) in [6.45, 7) is 6.16. The molecule has 0 saturated heterocycles. The first-order chi connectivity index (χ1) is 9.07. The lowest BCUT2D eigenvalue weighted by atomic mass is 10.2. The zero-order chi connectivity index (χ0) is 15.7. The Morgan fingerprint density at radius 3 is 2.10 bits per heavy atom. The van der Waals surface area contributed by atoms with Gasteiger partial charge in [-0.05, 0) is 51.0 Å². The number of carbonyl (C=O) groups is 1. The molecule has 0 amide bonds. The summed E-state index contributed by atoms with van der Waals surface area (Å²) in [7, 11) is -3.84. The van der Waals surface area contributed by atoms with Gasteiger partial charge in [0, 0.05) is 10.5 Å². The number of aryl methyl sites for hydroxylation is 2. The second kappa shape index (κ2) is 6.24. The van der Waals surface area contributed by atoms with Crippen LogP contribution in [0, 0.1) is 13.8 Å². The van der Waals surface area contributed by atoms with E-state index in [0.717, 1.165) is 8.78 Å². The second-order valence-electron chi connectivity index (χ2n) is 4.91. The highest BCUT2D eigenvalue weighted by atomic mass is 79.9. The number of hydrogen-bond donors (Lipinski definition) is 1. The van der Waals surface area contributed by atoms with Crippen molar-refractivity contribution in [1.82, 2.24) is 4.31 Å². The number of halogens is 1. The van der Waals surface area contributed by atoms with Crippen LogP contribution in [0.25, 0.3) is 0 Å². The van der Waals surface area contributed by atoms with E-state index < -0.39 is 28.6 Å². The van der Waals surface area contributed by atoms with Crippen LogP contribution in [0.1, 0.15) is 25.0 Å². The van der Waals surface area contributed by atoms with Crippen molar-refractivity contribution >= 4 is 31.9 Å². The molecule has 0 saturated carbocycles. The normalized spacial score (nSPS) is 12.2. The number of benzene rings is 1. The molecule has 1 aromatic carbocycles. The lowest BCUT2D eigenvalue weighted by molar-refractivity contribution is -0.137. The molecule has 5 nitrogen and oxygen atoms in total. The zero-order valence-corrected chi connectivity index (χ0v) is 14.2. The van der Waals surface area contributed by atoms with Crippen molar-refractivity contribution in [3.05, 3.63) is 27.7 Å². The summed E-state index contributed by atoms with van der Waals surface area (Å²) in [4.78, 5) is 11.1. The summed E-state index contributed by atoms with van der Waals surface area (Å²) in [5, 5.41) is 8.91. The highest BCUT2D eigenvalue weighted by molar-refractivity contribution is 9.10. The van der Waals surface area contributed by atoms with Crippen LogP contribution in [-0.2, 0) is 14.8 Å². The highest BCUT2D eigenvalue weighted by Crippen LogP contribution is 2.28. The first-order valence-electron chi connectivity index (χ1n) is 6.07. The molecule has 0 unspecified atom stereocenters. The van der Waals surface area contributed by atoms with E-state index in [0.29, 0.717) is 11.1 Å². The van der Waals surface area contributed by atoms with E-state index in [-0.39, 0.29) is 4.90 Å². The van der Waals surface area contributed by atoms with E-state index >= 15 is 0 Å². The average molecular weight is 364 g/mol. The van der Waals surface area contributed by atoms with E-state index in [1.807, 2.05) is 0 Å². The van der Waals surface area contributed by atoms with Crippen LogP contribution in [-0.4, -0.2) is 36.4 Å². The molecule has 112 valence electrons. The number of carboxylic acid groups (broad SMARTS) is 1. The number of sulfonamides is 1. The van der Waals surface area contributed by atoms with Crippen LogP contribution in [0.4, 0.5) is 0 Å². The lowest BCUT2D eigenvalue weighted by Gasteiger charge is -2.26. The predicted molar refractivity (Wildman–Crippen MR) is 80.3 cm³/mol. The van der Waals surface area contributed by atoms with Crippen LogP contribution < -0.4 is 0 Å². The summed E-state index contributed by atoms with van der Waals surface area (Å²) in [6, 6.07) is 2.98. The number of hydrogen-bond acceptors (Lipinski definition) is 3. The molecule has 7 heteroatoms. The highest BCUT2D eigenvalue weighted by Gasteiger charge is 2.31. The maximum absolute atomic E-state index is 12.7. The SMILES string of the molecule is Cc1cc(Br)cc(C)c1S(=O)(=O)N(CC(=O)O)C(C)C. The molecule has 0 spiro atoms. The summed E-state index contributed by atoms with van der Waals surface area (Å²) >= 11 is 3.32. The Labute approximate surface area is 127 Å². The van der Waals surface area contributed by atoms with Gasteiger partial charge in [-0.3, -0.25) is 4.79 Å². The Morgan fingerprint density at radius 2 is 1.75 bits per heavy atom. The summed E-state index contributed by atoms with van der Waals surface area (Å²) in [6.07, 6.45) is 0. The van der Waals surface area contributed by atoms with Gasteiger partial charge < -0.3 is 5.11 Å². The van der Waals surface area contributed by atoms with Crippen molar-refractivity contribution < 1.29 is 18.3 Å². The number of rotatable bonds is 5. The van der Waals surface area contributed by atoms with Crippen LogP contribution in [0.5, 0.6) is 0 Å². The summed E-state index contributed by atoms with van der Waals surface area (Å²) < 4.78 is 27.2. The largest absolute Gasteiger partial charge is 0.480 e. The maximum Gasteiger partial charge on any atom is 0.318 e. The van der Waals surface area contributed by atoms with E-state index in [1.165, 1.54) is 0 Å². The van der Waals surface area contributed by atoms with Crippen molar-refractivity contribution in [3.63, 3.8) is 0 Å². The molecule has 0 radical (unpaired) electrons. The second-order valence-corrected chi connectivity index (χ2v) is 7.65. The molecule has 0 atom stereocenters. The van der Waals surface area contributed by atoms with Crippen LogP contribution >= 0.6 is 15.9 Å². The van der Waals surface area contributed by atoms with Gasteiger partial charge in [0.15, 0.2) is 0 Å². The van der Waals surface area contributed by atoms with Crippen molar-refractivity contribution in [3.8, 4) is 0 Å². The zero-order valence-electron chi connectivity index (χ0n) is 11.8. The fourth-order valence-corrected chi connectivity index (χ4v) is 4.79. The summed E-state index contributed by atoms with van der Waals surface area (Å²) in [5.74, 6) is -1.17. The quantitative estimate of drug-likeness (QED) is 0.871. The fourth-order valence-electron chi connectivity index (χ4n) is 2.10. The van der Waals surface area contributed by atoms with Gasteiger partial charge in [-0.15, -0.1) is 0 Å². The fraction of sp³-hybridized carbons (Fsp3) is 0.462. The maximum atomic E-state index is 12.7. The van der Waals surface area contributed by atoms with E-state index in [9.17, 15) is 13.2 Å². The Kier molecular flexibility index (Phi) is 5.34.